The van der Waals surface area contributed by atoms with Crippen LogP contribution in [-0.4, -0.2) is 80.2 Å². The zero-order valence-electron chi connectivity index (χ0n) is 24.7. The van der Waals surface area contributed by atoms with Gasteiger partial charge < -0.3 is 24.8 Å². The Labute approximate surface area is 271 Å². The summed E-state index contributed by atoms with van der Waals surface area (Å²) in [4.78, 5) is 38.1. The number of halogens is 3. The first-order valence-corrected chi connectivity index (χ1v) is 15.3. The molecule has 0 spiro atoms. The molecule has 5 rings (SSSR count). The topological polar surface area (TPSA) is 114 Å². The van der Waals surface area contributed by atoms with Crippen molar-refractivity contribution in [3.63, 3.8) is 0 Å². The zero-order valence-corrected chi connectivity index (χ0v) is 26.9. The maximum Gasteiger partial charge on any atom is 0.269 e. The Bertz CT molecular complexity index is 1510. The number of benzene rings is 2. The van der Waals surface area contributed by atoms with Gasteiger partial charge in [-0.1, -0.05) is 66.8 Å². The average molecular weight is 663 g/mol. The third kappa shape index (κ3) is 8.26. The molecule has 0 bridgehead atoms. The summed E-state index contributed by atoms with van der Waals surface area (Å²) in [6.07, 6.45) is 0.0400. The third-order valence-corrected chi connectivity index (χ3v) is 7.40. The van der Waals surface area contributed by atoms with E-state index in [0.717, 1.165) is 18.7 Å². The number of anilines is 1. The number of ether oxygens (including phenoxy) is 3. The van der Waals surface area contributed by atoms with E-state index >= 15 is 0 Å². The largest absolute Gasteiger partial charge is 0.475 e. The molecule has 1 aromatic heterocycles. The standard InChI is InChI=1S/C29H28Cl3N5O5.C2H6/c1-40-10-11-42-29-21(13-19(31)15-33-29)27(38)36-26-28(39)34-23-5-3-2-4-20(23)25(35-26)24-17(12-18(30)14-22(24)32)16-37-6-8-41-9-7-37;1-2/h2-5,12-15,26H,6-11,16H2,1H3,(H,34,39)(H,36,38);1-2H3. The quantitative estimate of drug-likeness (QED) is 0.292. The highest BCUT2D eigenvalue weighted by molar-refractivity contribution is 6.39. The number of hydrogen-bond acceptors (Lipinski definition) is 8. The number of methoxy groups -OCH3 is 1. The molecule has 2 amide bonds. The van der Waals surface area contributed by atoms with Gasteiger partial charge in [0.1, 0.15) is 12.2 Å². The van der Waals surface area contributed by atoms with Crippen LogP contribution in [0.25, 0.3) is 0 Å². The molecular formula is C31H34Cl3N5O5. The van der Waals surface area contributed by atoms with E-state index in [2.05, 4.69) is 20.5 Å². The number of benzodiazepines with no additional fused rings is 1. The number of pyridine rings is 1. The fraction of sp³-hybridized carbons (Fsp3) is 0.355. The Morgan fingerprint density at radius 3 is 2.59 bits per heavy atom. The van der Waals surface area contributed by atoms with Crippen molar-refractivity contribution in [1.29, 1.82) is 0 Å². The zero-order chi connectivity index (χ0) is 31.6. The number of rotatable bonds is 9. The van der Waals surface area contributed by atoms with Crippen LogP contribution in [0.4, 0.5) is 5.69 Å². The SMILES string of the molecule is CC.COCCOc1ncc(Cl)cc1C(=O)NC1N=C(c2c(Cl)cc(Cl)cc2CN2CCOCC2)c2ccccc2NC1=O. The van der Waals surface area contributed by atoms with Crippen LogP contribution in [0.5, 0.6) is 5.88 Å². The van der Waals surface area contributed by atoms with Gasteiger partial charge >= 0.3 is 0 Å². The minimum Gasteiger partial charge on any atom is -0.475 e. The summed E-state index contributed by atoms with van der Waals surface area (Å²) in [5.74, 6) is -1.14. The van der Waals surface area contributed by atoms with Crippen molar-refractivity contribution in [3.8, 4) is 5.88 Å². The smallest absolute Gasteiger partial charge is 0.269 e. The molecule has 2 aliphatic rings. The fourth-order valence-electron chi connectivity index (χ4n) is 4.70. The molecule has 2 aromatic carbocycles. The van der Waals surface area contributed by atoms with Crippen LogP contribution in [0.3, 0.4) is 0 Å². The Morgan fingerprint density at radius 1 is 1.09 bits per heavy atom. The minimum atomic E-state index is -1.33. The highest BCUT2D eigenvalue weighted by Gasteiger charge is 2.30. The summed E-state index contributed by atoms with van der Waals surface area (Å²) in [6.45, 7) is 7.71. The van der Waals surface area contributed by atoms with E-state index in [1.807, 2.05) is 32.0 Å². The minimum absolute atomic E-state index is 0.0439. The molecule has 1 atom stereocenters. The molecule has 1 saturated heterocycles. The molecule has 3 aromatic rings. The lowest BCUT2D eigenvalue weighted by molar-refractivity contribution is -0.117. The number of aliphatic imine (C=N–C) groups is 1. The van der Waals surface area contributed by atoms with Crippen LogP contribution < -0.4 is 15.4 Å². The van der Waals surface area contributed by atoms with Gasteiger partial charge in [0, 0.05) is 49.1 Å². The number of para-hydroxylation sites is 1. The lowest BCUT2D eigenvalue weighted by atomic mass is 9.95. The summed E-state index contributed by atoms with van der Waals surface area (Å²) < 4.78 is 16.1. The molecule has 13 heteroatoms. The highest BCUT2D eigenvalue weighted by atomic mass is 35.5. The van der Waals surface area contributed by atoms with Gasteiger partial charge in [-0.15, -0.1) is 0 Å². The van der Waals surface area contributed by atoms with Gasteiger partial charge in [-0.2, -0.15) is 0 Å². The van der Waals surface area contributed by atoms with Crippen LogP contribution in [0, 0.1) is 0 Å². The molecule has 0 radical (unpaired) electrons. The molecule has 234 valence electrons. The number of hydrogen-bond donors (Lipinski definition) is 2. The number of morpholine rings is 1. The van der Waals surface area contributed by atoms with E-state index in [1.165, 1.54) is 19.4 Å². The summed E-state index contributed by atoms with van der Waals surface area (Å²) in [5.41, 5.74) is 3.08. The first-order chi connectivity index (χ1) is 21.3. The predicted molar refractivity (Wildman–Crippen MR) is 172 cm³/mol. The van der Waals surface area contributed by atoms with Crippen molar-refractivity contribution in [2.24, 2.45) is 4.99 Å². The Morgan fingerprint density at radius 2 is 1.84 bits per heavy atom. The molecule has 0 aliphatic carbocycles. The molecule has 10 nitrogen and oxygen atoms in total. The molecule has 0 saturated carbocycles. The van der Waals surface area contributed by atoms with Gasteiger partial charge in [-0.05, 0) is 29.8 Å². The van der Waals surface area contributed by atoms with E-state index in [0.29, 0.717) is 52.3 Å². The Hall–Kier alpha value is -3.25. The maximum absolute atomic E-state index is 13.5. The second-order valence-corrected chi connectivity index (χ2v) is 10.8. The Balaban J connectivity index is 0.00000216. The normalized spacial score (nSPS) is 16.5. The summed E-state index contributed by atoms with van der Waals surface area (Å²) in [7, 11) is 1.53. The summed E-state index contributed by atoms with van der Waals surface area (Å²) in [6, 6.07) is 12.1. The van der Waals surface area contributed by atoms with E-state index in [9.17, 15) is 9.59 Å². The number of carbonyl (C=O) groups excluding carboxylic acids is 2. The van der Waals surface area contributed by atoms with Gasteiger partial charge in [0.2, 0.25) is 12.0 Å². The van der Waals surface area contributed by atoms with Gasteiger partial charge in [-0.25, -0.2) is 9.98 Å². The number of carbonyl (C=O) groups is 2. The van der Waals surface area contributed by atoms with Crippen LogP contribution in [0.1, 0.15) is 40.9 Å². The van der Waals surface area contributed by atoms with Crippen LogP contribution in [0.2, 0.25) is 15.1 Å². The van der Waals surface area contributed by atoms with Crippen LogP contribution >= 0.6 is 34.8 Å². The molecule has 1 unspecified atom stereocenters. The number of nitrogens with one attached hydrogen (secondary N) is 2. The van der Waals surface area contributed by atoms with Gasteiger partial charge in [0.15, 0.2) is 0 Å². The van der Waals surface area contributed by atoms with Gasteiger partial charge in [0.25, 0.3) is 11.8 Å². The van der Waals surface area contributed by atoms with Gasteiger partial charge in [0.05, 0.1) is 41.3 Å². The molecule has 3 heterocycles. The van der Waals surface area contributed by atoms with E-state index in [4.69, 9.17) is 54.0 Å². The lowest BCUT2D eigenvalue weighted by Crippen LogP contribution is -2.42. The first kappa shape index (κ1) is 33.6. The summed E-state index contributed by atoms with van der Waals surface area (Å²) in [5, 5.41) is 6.65. The molecule has 2 aliphatic heterocycles. The number of nitrogens with zero attached hydrogens (tertiary/aromatic N) is 3. The van der Waals surface area contributed by atoms with Crippen LogP contribution in [-0.2, 0) is 20.8 Å². The second kappa shape index (κ2) is 16.2. The summed E-state index contributed by atoms with van der Waals surface area (Å²) >= 11 is 19.4. The second-order valence-electron chi connectivity index (χ2n) is 9.55. The maximum atomic E-state index is 13.5. The fourth-order valence-corrected chi connectivity index (χ4v) is 5.48. The van der Waals surface area contributed by atoms with Crippen molar-refractivity contribution in [2.45, 2.75) is 26.6 Å². The first-order valence-electron chi connectivity index (χ1n) is 14.2. The van der Waals surface area contributed by atoms with Gasteiger partial charge in [-0.3, -0.25) is 14.5 Å². The average Bonchev–Trinajstić information content (AvgIpc) is 3.15. The van der Waals surface area contributed by atoms with Crippen molar-refractivity contribution in [2.75, 3.05) is 51.9 Å². The van der Waals surface area contributed by atoms with Crippen molar-refractivity contribution < 1.29 is 23.8 Å². The number of fused-ring (bicyclic) bond motifs is 1. The van der Waals surface area contributed by atoms with E-state index in [-0.39, 0.29) is 29.7 Å². The molecule has 44 heavy (non-hydrogen) atoms. The third-order valence-electron chi connectivity index (χ3n) is 6.67. The monoisotopic (exact) mass is 661 g/mol. The van der Waals surface area contributed by atoms with E-state index < -0.39 is 18.0 Å². The number of amides is 2. The van der Waals surface area contributed by atoms with Crippen molar-refractivity contribution in [3.05, 3.63) is 86.0 Å². The van der Waals surface area contributed by atoms with E-state index in [1.54, 1.807) is 18.2 Å². The molecule has 1 fully saturated rings. The molecular weight excluding hydrogens is 629 g/mol. The van der Waals surface area contributed by atoms with Crippen LogP contribution in [0.15, 0.2) is 53.7 Å². The number of aromatic nitrogens is 1. The molecule has 2 N–H and O–H groups in total. The highest BCUT2D eigenvalue weighted by Crippen LogP contribution is 2.33. The lowest BCUT2D eigenvalue weighted by Gasteiger charge is -2.28. The predicted octanol–water partition coefficient (Wildman–Crippen LogP) is 5.47. The Kier molecular flexibility index (Phi) is 12.4. The van der Waals surface area contributed by atoms with Crippen molar-refractivity contribution >= 4 is 58.0 Å². The van der Waals surface area contributed by atoms with Crippen molar-refractivity contribution in [1.82, 2.24) is 15.2 Å².